The number of halogens is 3. The molecule has 0 fully saturated rings. The van der Waals surface area contributed by atoms with Crippen LogP contribution in [0.15, 0.2) is 38.6 Å². The minimum absolute atomic E-state index is 0.187. The summed E-state index contributed by atoms with van der Waals surface area (Å²) in [4.78, 5) is 1.07. The topological polar surface area (TPSA) is 35.2 Å². The maximum absolute atomic E-state index is 6.10. The van der Waals surface area contributed by atoms with E-state index < -0.39 is 0 Å². The van der Waals surface area contributed by atoms with Crippen molar-refractivity contribution < 1.29 is 4.74 Å². The van der Waals surface area contributed by atoms with Crippen molar-refractivity contribution in [3.05, 3.63) is 48.5 Å². The van der Waals surface area contributed by atoms with Crippen LogP contribution in [0.4, 0.5) is 0 Å². The van der Waals surface area contributed by atoms with Crippen LogP contribution in [0.3, 0.4) is 0 Å². The van der Waals surface area contributed by atoms with Crippen LogP contribution >= 0.6 is 54.8 Å². The van der Waals surface area contributed by atoms with Gasteiger partial charge >= 0.3 is 0 Å². The molecule has 0 bridgehead atoms. The zero-order valence-electron chi connectivity index (χ0n) is 9.20. The van der Waals surface area contributed by atoms with Gasteiger partial charge in [-0.2, -0.15) is 0 Å². The SMILES string of the molecule is NCC(Oc1cc(Br)ccc1Cl)c1ccc(Br)s1. The highest BCUT2D eigenvalue weighted by Gasteiger charge is 2.15. The predicted molar refractivity (Wildman–Crippen MR) is 83.6 cm³/mol. The van der Waals surface area contributed by atoms with Gasteiger partial charge in [-0.05, 0) is 46.3 Å². The van der Waals surface area contributed by atoms with Gasteiger partial charge in [-0.1, -0.05) is 27.5 Å². The van der Waals surface area contributed by atoms with Crippen molar-refractivity contribution in [2.24, 2.45) is 5.73 Å². The Balaban J connectivity index is 2.22. The number of benzene rings is 1. The molecule has 1 heterocycles. The number of nitrogens with two attached hydrogens (primary N) is 1. The third kappa shape index (κ3) is 3.48. The van der Waals surface area contributed by atoms with Crippen molar-refractivity contribution in [3.8, 4) is 5.75 Å². The average Bonchev–Trinajstić information content (AvgIpc) is 2.77. The van der Waals surface area contributed by atoms with Gasteiger partial charge < -0.3 is 10.5 Å². The summed E-state index contributed by atoms with van der Waals surface area (Å²) in [6, 6.07) is 9.48. The molecule has 0 spiro atoms. The third-order valence-electron chi connectivity index (χ3n) is 2.29. The molecule has 1 atom stereocenters. The molecule has 0 aliphatic rings. The van der Waals surface area contributed by atoms with Gasteiger partial charge in [-0.25, -0.2) is 0 Å². The molecule has 0 aliphatic carbocycles. The Morgan fingerprint density at radius 1 is 1.28 bits per heavy atom. The molecule has 0 aliphatic heterocycles. The van der Waals surface area contributed by atoms with Crippen LogP contribution in [0.25, 0.3) is 0 Å². The molecule has 2 N–H and O–H groups in total. The first-order valence-electron chi connectivity index (χ1n) is 5.17. The number of thiophene rings is 1. The number of hydrogen-bond donors (Lipinski definition) is 1. The van der Waals surface area contributed by atoms with Gasteiger partial charge in [-0.15, -0.1) is 11.3 Å². The van der Waals surface area contributed by atoms with Crippen molar-refractivity contribution >= 4 is 54.8 Å². The summed E-state index contributed by atoms with van der Waals surface area (Å²) < 4.78 is 7.85. The van der Waals surface area contributed by atoms with Gasteiger partial charge in [0.05, 0.1) is 8.81 Å². The van der Waals surface area contributed by atoms with E-state index >= 15 is 0 Å². The van der Waals surface area contributed by atoms with E-state index in [9.17, 15) is 0 Å². The van der Waals surface area contributed by atoms with Gasteiger partial charge in [0.25, 0.3) is 0 Å². The van der Waals surface area contributed by atoms with Crippen LogP contribution in [0.1, 0.15) is 11.0 Å². The second-order valence-corrected chi connectivity index (χ2v) is 7.38. The zero-order valence-corrected chi connectivity index (χ0v) is 13.9. The van der Waals surface area contributed by atoms with Crippen LogP contribution in [-0.2, 0) is 0 Å². The normalized spacial score (nSPS) is 12.4. The zero-order chi connectivity index (χ0) is 13.1. The highest BCUT2D eigenvalue weighted by atomic mass is 79.9. The maximum atomic E-state index is 6.10. The Kier molecular flexibility index (Phi) is 5.09. The summed E-state index contributed by atoms with van der Waals surface area (Å²) in [5.74, 6) is 0.631. The van der Waals surface area contributed by atoms with E-state index in [0.29, 0.717) is 17.3 Å². The fourth-order valence-corrected chi connectivity index (χ4v) is 3.41. The monoisotopic (exact) mass is 409 g/mol. The Labute approximate surface area is 131 Å². The Hall–Kier alpha value is -0.0700. The third-order valence-corrected chi connectivity index (χ3v) is 4.81. The van der Waals surface area contributed by atoms with Gasteiger partial charge in [0, 0.05) is 15.9 Å². The molecule has 96 valence electrons. The van der Waals surface area contributed by atoms with E-state index in [0.717, 1.165) is 13.1 Å². The van der Waals surface area contributed by atoms with E-state index in [2.05, 4.69) is 31.9 Å². The molecule has 2 nitrogen and oxygen atoms in total. The van der Waals surface area contributed by atoms with Crippen molar-refractivity contribution in [1.82, 2.24) is 0 Å². The number of rotatable bonds is 4. The molecule has 2 aromatic rings. The fraction of sp³-hybridized carbons (Fsp3) is 0.167. The Bertz CT molecular complexity index is 547. The minimum Gasteiger partial charge on any atom is -0.482 e. The molecule has 18 heavy (non-hydrogen) atoms. The molecule has 1 unspecified atom stereocenters. The lowest BCUT2D eigenvalue weighted by molar-refractivity contribution is 0.218. The highest BCUT2D eigenvalue weighted by molar-refractivity contribution is 9.11. The van der Waals surface area contributed by atoms with Gasteiger partial charge in [0.15, 0.2) is 0 Å². The first-order valence-corrected chi connectivity index (χ1v) is 7.95. The molecule has 6 heteroatoms. The van der Waals surface area contributed by atoms with Crippen molar-refractivity contribution in [2.75, 3.05) is 6.54 Å². The lowest BCUT2D eigenvalue weighted by atomic mass is 10.3. The molecule has 0 radical (unpaired) electrons. The van der Waals surface area contributed by atoms with Gasteiger partial charge in [-0.3, -0.25) is 0 Å². The van der Waals surface area contributed by atoms with Crippen LogP contribution in [0.5, 0.6) is 5.75 Å². The minimum atomic E-state index is -0.187. The Morgan fingerprint density at radius 2 is 2.06 bits per heavy atom. The molecule has 2 rings (SSSR count). The highest BCUT2D eigenvalue weighted by Crippen LogP contribution is 2.34. The number of hydrogen-bond acceptors (Lipinski definition) is 3. The van der Waals surface area contributed by atoms with Crippen LogP contribution in [0.2, 0.25) is 5.02 Å². The molecule has 1 aromatic heterocycles. The van der Waals surface area contributed by atoms with E-state index in [4.69, 9.17) is 22.1 Å². The lowest BCUT2D eigenvalue weighted by Gasteiger charge is -2.17. The fourth-order valence-electron chi connectivity index (χ4n) is 1.44. The van der Waals surface area contributed by atoms with Crippen LogP contribution in [-0.4, -0.2) is 6.54 Å². The second-order valence-electron chi connectivity index (χ2n) is 3.56. The molecular formula is C12H10Br2ClNOS. The Morgan fingerprint density at radius 3 is 2.67 bits per heavy atom. The molecule has 1 aromatic carbocycles. The molecular weight excluding hydrogens is 401 g/mol. The smallest absolute Gasteiger partial charge is 0.145 e. The van der Waals surface area contributed by atoms with E-state index in [-0.39, 0.29) is 6.10 Å². The summed E-state index contributed by atoms with van der Waals surface area (Å²) in [5.41, 5.74) is 5.76. The molecule has 0 amide bonds. The first kappa shape index (κ1) is 14.3. The molecule has 0 saturated heterocycles. The number of ether oxygens (including phenoxy) is 1. The summed E-state index contributed by atoms with van der Waals surface area (Å²) >= 11 is 14.5. The van der Waals surface area contributed by atoms with Crippen LogP contribution < -0.4 is 10.5 Å². The van der Waals surface area contributed by atoms with Gasteiger partial charge in [0.2, 0.25) is 0 Å². The first-order chi connectivity index (χ1) is 8.60. The maximum Gasteiger partial charge on any atom is 0.145 e. The van der Waals surface area contributed by atoms with E-state index in [1.165, 1.54) is 0 Å². The van der Waals surface area contributed by atoms with E-state index in [1.54, 1.807) is 17.4 Å². The van der Waals surface area contributed by atoms with E-state index in [1.807, 2.05) is 24.3 Å². The van der Waals surface area contributed by atoms with Crippen molar-refractivity contribution in [2.45, 2.75) is 6.10 Å². The van der Waals surface area contributed by atoms with Gasteiger partial charge in [0.1, 0.15) is 11.9 Å². The average molecular weight is 412 g/mol. The molecule has 0 saturated carbocycles. The summed E-state index contributed by atoms with van der Waals surface area (Å²) in [6.07, 6.45) is -0.187. The quantitative estimate of drug-likeness (QED) is 0.768. The van der Waals surface area contributed by atoms with Crippen LogP contribution in [0, 0.1) is 0 Å². The summed E-state index contributed by atoms with van der Waals surface area (Å²) in [5, 5.41) is 0.576. The summed E-state index contributed by atoms with van der Waals surface area (Å²) in [6.45, 7) is 0.399. The second kappa shape index (κ2) is 6.39. The standard InChI is InChI=1S/C12H10Br2ClNOS/c13-7-1-2-8(15)9(5-7)17-10(6-16)11-3-4-12(14)18-11/h1-5,10H,6,16H2. The lowest BCUT2D eigenvalue weighted by Crippen LogP contribution is -2.17. The largest absolute Gasteiger partial charge is 0.482 e. The van der Waals surface area contributed by atoms with Crippen molar-refractivity contribution in [3.63, 3.8) is 0 Å². The van der Waals surface area contributed by atoms with Crippen molar-refractivity contribution in [1.29, 1.82) is 0 Å². The summed E-state index contributed by atoms with van der Waals surface area (Å²) in [7, 11) is 0. The predicted octanol–water partition coefficient (Wildman–Crippen LogP) is 5.01.